The quantitative estimate of drug-likeness (QED) is 0.817. The molecule has 21 heavy (non-hydrogen) atoms. The van der Waals surface area contributed by atoms with E-state index in [1.807, 2.05) is 6.07 Å². The van der Waals surface area contributed by atoms with Gasteiger partial charge in [0.15, 0.2) is 0 Å². The Morgan fingerprint density at radius 1 is 1.19 bits per heavy atom. The lowest BCUT2D eigenvalue weighted by Crippen LogP contribution is -2.33. The highest BCUT2D eigenvalue weighted by Gasteiger charge is 2.20. The number of nitrogens with one attached hydrogen (secondary N) is 2. The molecule has 0 spiro atoms. The third-order valence-electron chi connectivity index (χ3n) is 4.82. The number of fused-ring (bicyclic) bond motifs is 1. The molecular formula is C17H27N3O. The first-order valence-corrected chi connectivity index (χ1v) is 8.51. The van der Waals surface area contributed by atoms with E-state index in [0.29, 0.717) is 6.04 Å². The second-order valence-electron chi connectivity index (χ2n) is 6.41. The van der Waals surface area contributed by atoms with E-state index in [4.69, 9.17) is 0 Å². The number of nitrogens with zero attached hydrogens (tertiary/aromatic N) is 1. The Kier molecular flexibility index (Phi) is 5.09. The molecule has 2 N–H and O–H groups in total. The summed E-state index contributed by atoms with van der Waals surface area (Å²) in [4.78, 5) is 17.0. The summed E-state index contributed by atoms with van der Waals surface area (Å²) in [6, 6.07) is 4.09. The Labute approximate surface area is 126 Å². The van der Waals surface area contributed by atoms with E-state index < -0.39 is 0 Å². The summed E-state index contributed by atoms with van der Waals surface area (Å²) >= 11 is 0. The molecule has 4 nitrogen and oxygen atoms in total. The van der Waals surface area contributed by atoms with Crippen LogP contribution in [0.2, 0.25) is 0 Å². The maximum absolute atomic E-state index is 11.4. The van der Waals surface area contributed by atoms with Crippen molar-refractivity contribution < 1.29 is 0 Å². The van der Waals surface area contributed by atoms with Crippen molar-refractivity contribution in [1.29, 1.82) is 0 Å². The largest absolute Gasteiger partial charge is 0.326 e. The Bertz CT molecular complexity index is 505. The Hall–Kier alpha value is -1.13. The molecule has 116 valence electrons. The van der Waals surface area contributed by atoms with Gasteiger partial charge in [-0.05, 0) is 70.3 Å². The number of aryl methyl sites for hydroxylation is 1. The van der Waals surface area contributed by atoms with Crippen LogP contribution in [0.15, 0.2) is 16.9 Å². The van der Waals surface area contributed by atoms with E-state index >= 15 is 0 Å². The molecule has 1 saturated heterocycles. The summed E-state index contributed by atoms with van der Waals surface area (Å²) in [5.41, 5.74) is 2.47. The number of hydrogen-bond acceptors (Lipinski definition) is 3. The van der Waals surface area contributed by atoms with Crippen molar-refractivity contribution in [2.24, 2.45) is 0 Å². The summed E-state index contributed by atoms with van der Waals surface area (Å²) < 4.78 is 0. The van der Waals surface area contributed by atoms with E-state index in [9.17, 15) is 4.79 Å². The highest BCUT2D eigenvalue weighted by Crippen LogP contribution is 2.27. The predicted octanol–water partition coefficient (Wildman–Crippen LogP) is 2.22. The molecule has 1 aromatic heterocycles. The van der Waals surface area contributed by atoms with Crippen LogP contribution >= 0.6 is 0 Å². The zero-order chi connectivity index (χ0) is 14.5. The second-order valence-corrected chi connectivity index (χ2v) is 6.41. The summed E-state index contributed by atoms with van der Waals surface area (Å²) in [6.07, 6.45) is 8.73. The molecule has 0 bridgehead atoms. The van der Waals surface area contributed by atoms with Gasteiger partial charge in [0.05, 0.1) is 0 Å². The highest BCUT2D eigenvalue weighted by atomic mass is 16.1. The second kappa shape index (κ2) is 7.23. The zero-order valence-electron chi connectivity index (χ0n) is 12.9. The van der Waals surface area contributed by atoms with Crippen LogP contribution in [0.1, 0.15) is 55.8 Å². The van der Waals surface area contributed by atoms with Gasteiger partial charge in [-0.3, -0.25) is 4.79 Å². The van der Waals surface area contributed by atoms with Crippen molar-refractivity contribution in [3.63, 3.8) is 0 Å². The first-order valence-electron chi connectivity index (χ1n) is 8.51. The summed E-state index contributed by atoms with van der Waals surface area (Å²) in [6.45, 7) is 4.86. The molecule has 0 radical (unpaired) electrons. The fourth-order valence-corrected chi connectivity index (χ4v) is 3.67. The van der Waals surface area contributed by atoms with Crippen LogP contribution in [-0.2, 0) is 6.42 Å². The molecule has 1 aliphatic carbocycles. The topological polar surface area (TPSA) is 48.1 Å². The maximum Gasteiger partial charge on any atom is 0.248 e. The van der Waals surface area contributed by atoms with E-state index in [0.717, 1.165) is 25.1 Å². The molecule has 1 aromatic rings. The number of aromatic nitrogens is 1. The van der Waals surface area contributed by atoms with Gasteiger partial charge >= 0.3 is 0 Å². The third-order valence-corrected chi connectivity index (χ3v) is 4.82. The third kappa shape index (κ3) is 3.95. The molecule has 1 atom stereocenters. The van der Waals surface area contributed by atoms with Gasteiger partial charge in [-0.2, -0.15) is 0 Å². The standard InChI is InChI=1S/C17H27N3O/c21-17-9-8-14-15(6-4-7-16(14)19-17)18-10-5-13-20-11-2-1-3-12-20/h8-9,15,18H,1-7,10-13H2,(H,19,21). The van der Waals surface area contributed by atoms with E-state index in [2.05, 4.69) is 15.2 Å². The van der Waals surface area contributed by atoms with Gasteiger partial charge in [0.1, 0.15) is 0 Å². The molecule has 2 heterocycles. The number of piperidine rings is 1. The SMILES string of the molecule is O=c1ccc2c([nH]1)CCCC2NCCCN1CCCCC1. The molecular weight excluding hydrogens is 262 g/mol. The van der Waals surface area contributed by atoms with E-state index in [-0.39, 0.29) is 5.56 Å². The monoisotopic (exact) mass is 289 g/mol. The lowest BCUT2D eigenvalue weighted by Gasteiger charge is -2.28. The zero-order valence-corrected chi connectivity index (χ0v) is 12.9. The van der Waals surface area contributed by atoms with E-state index in [1.54, 1.807) is 6.07 Å². The average molecular weight is 289 g/mol. The van der Waals surface area contributed by atoms with Gasteiger partial charge in [0.2, 0.25) is 5.56 Å². The van der Waals surface area contributed by atoms with Crippen LogP contribution < -0.4 is 10.9 Å². The molecule has 3 rings (SSSR count). The van der Waals surface area contributed by atoms with Gasteiger partial charge in [-0.25, -0.2) is 0 Å². The smallest absolute Gasteiger partial charge is 0.248 e. The number of hydrogen-bond donors (Lipinski definition) is 2. The average Bonchev–Trinajstić information content (AvgIpc) is 2.52. The molecule has 4 heteroatoms. The molecule has 2 aliphatic rings. The molecule has 0 amide bonds. The van der Waals surface area contributed by atoms with Crippen molar-refractivity contribution in [3.05, 3.63) is 33.7 Å². The molecule has 1 aliphatic heterocycles. The van der Waals surface area contributed by atoms with Crippen molar-refractivity contribution in [1.82, 2.24) is 15.2 Å². The molecule has 0 saturated carbocycles. The maximum atomic E-state index is 11.4. The van der Waals surface area contributed by atoms with Gasteiger partial charge in [-0.15, -0.1) is 0 Å². The minimum Gasteiger partial charge on any atom is -0.326 e. The predicted molar refractivity (Wildman–Crippen MR) is 85.7 cm³/mol. The molecule has 1 fully saturated rings. The number of rotatable bonds is 5. The summed E-state index contributed by atoms with van der Waals surface area (Å²) in [7, 11) is 0. The normalized spacial score (nSPS) is 23.0. The Balaban J connectivity index is 1.47. The van der Waals surface area contributed by atoms with Crippen LogP contribution in [0.25, 0.3) is 0 Å². The van der Waals surface area contributed by atoms with Crippen molar-refractivity contribution in [3.8, 4) is 0 Å². The molecule has 0 aromatic carbocycles. The van der Waals surface area contributed by atoms with E-state index in [1.165, 1.54) is 57.3 Å². The lowest BCUT2D eigenvalue weighted by atomic mass is 9.91. The van der Waals surface area contributed by atoms with Crippen molar-refractivity contribution in [2.75, 3.05) is 26.2 Å². The first kappa shape index (κ1) is 14.8. The number of pyridine rings is 1. The van der Waals surface area contributed by atoms with Crippen LogP contribution in [0.5, 0.6) is 0 Å². The van der Waals surface area contributed by atoms with Crippen molar-refractivity contribution >= 4 is 0 Å². The van der Waals surface area contributed by atoms with Crippen molar-refractivity contribution in [2.45, 2.75) is 51.0 Å². The van der Waals surface area contributed by atoms with Gasteiger partial charge in [0.25, 0.3) is 0 Å². The molecule has 1 unspecified atom stereocenters. The fraction of sp³-hybridized carbons (Fsp3) is 0.706. The summed E-state index contributed by atoms with van der Waals surface area (Å²) in [5, 5.41) is 3.69. The number of likely N-dealkylation sites (tertiary alicyclic amines) is 1. The Morgan fingerprint density at radius 3 is 2.90 bits per heavy atom. The van der Waals surface area contributed by atoms with Crippen LogP contribution in [-0.4, -0.2) is 36.1 Å². The number of H-pyrrole nitrogens is 1. The van der Waals surface area contributed by atoms with Gasteiger partial charge in [-0.1, -0.05) is 12.5 Å². The lowest BCUT2D eigenvalue weighted by molar-refractivity contribution is 0.224. The Morgan fingerprint density at radius 2 is 2.05 bits per heavy atom. The summed E-state index contributed by atoms with van der Waals surface area (Å²) in [5.74, 6) is 0. The minimum absolute atomic E-state index is 0.0273. The van der Waals surface area contributed by atoms with Gasteiger partial charge < -0.3 is 15.2 Å². The van der Waals surface area contributed by atoms with Crippen LogP contribution in [0, 0.1) is 0 Å². The number of aromatic amines is 1. The fourth-order valence-electron chi connectivity index (χ4n) is 3.67. The first-order chi connectivity index (χ1) is 10.3. The van der Waals surface area contributed by atoms with Gasteiger partial charge in [0, 0.05) is 17.8 Å². The highest BCUT2D eigenvalue weighted by molar-refractivity contribution is 5.26. The van der Waals surface area contributed by atoms with Crippen LogP contribution in [0.3, 0.4) is 0 Å². The minimum atomic E-state index is 0.0273. The van der Waals surface area contributed by atoms with Crippen LogP contribution in [0.4, 0.5) is 0 Å².